The van der Waals surface area contributed by atoms with Crippen LogP contribution in [0.15, 0.2) is 36.9 Å². The summed E-state index contributed by atoms with van der Waals surface area (Å²) >= 11 is 0. The van der Waals surface area contributed by atoms with Gasteiger partial charge in [-0.2, -0.15) is 5.10 Å². The van der Waals surface area contributed by atoms with E-state index in [2.05, 4.69) is 10.1 Å². The van der Waals surface area contributed by atoms with E-state index < -0.39 is 0 Å². The van der Waals surface area contributed by atoms with Crippen LogP contribution in [0.3, 0.4) is 0 Å². The topological polar surface area (TPSA) is 68.1 Å². The Balaban J connectivity index is 1.62. The van der Waals surface area contributed by atoms with E-state index in [-0.39, 0.29) is 30.0 Å². The van der Waals surface area contributed by atoms with E-state index in [0.717, 1.165) is 5.56 Å². The lowest BCUT2D eigenvalue weighted by atomic mass is 9.98. The molecule has 1 fully saturated rings. The molecule has 1 aromatic heterocycles. The molecule has 1 aromatic carbocycles. The fraction of sp³-hybridized carbons (Fsp3) is 0.333. The summed E-state index contributed by atoms with van der Waals surface area (Å²) in [6, 6.07) is 6.01. The molecular weight excluding hydrogens is 287 g/mol. The Kier molecular flexibility index (Phi) is 3.95. The number of rotatable bonds is 5. The maximum absolute atomic E-state index is 12.9. The molecule has 0 aliphatic carbocycles. The number of benzene rings is 1. The largest absolute Gasteiger partial charge is 0.280 e. The predicted octanol–water partition coefficient (Wildman–Crippen LogP) is 1.04. The molecule has 1 aliphatic heterocycles. The van der Waals surface area contributed by atoms with E-state index in [4.69, 9.17) is 0 Å². The van der Waals surface area contributed by atoms with E-state index in [1.54, 1.807) is 23.1 Å². The van der Waals surface area contributed by atoms with Crippen LogP contribution in [0.25, 0.3) is 0 Å². The van der Waals surface area contributed by atoms with Crippen LogP contribution >= 0.6 is 0 Å². The Bertz CT molecular complexity index is 669. The van der Waals surface area contributed by atoms with Crippen molar-refractivity contribution >= 4 is 11.8 Å². The van der Waals surface area contributed by atoms with Gasteiger partial charge in [0.1, 0.15) is 18.5 Å². The van der Waals surface area contributed by atoms with Crippen molar-refractivity contribution in [3.05, 3.63) is 48.3 Å². The third-order valence-corrected chi connectivity index (χ3v) is 3.75. The Labute approximate surface area is 126 Å². The average Bonchev–Trinajstić information content (AvgIpc) is 3.10. The summed E-state index contributed by atoms with van der Waals surface area (Å²) < 4.78 is 14.5. The molecule has 1 saturated heterocycles. The van der Waals surface area contributed by atoms with Crippen molar-refractivity contribution in [1.82, 2.24) is 19.7 Å². The molecule has 1 aliphatic rings. The zero-order valence-electron chi connectivity index (χ0n) is 11.9. The summed E-state index contributed by atoms with van der Waals surface area (Å²) in [5, 5.41) is 3.94. The number of hydrogen-bond donors (Lipinski definition) is 0. The molecule has 0 radical (unpaired) electrons. The molecule has 0 bridgehead atoms. The smallest absolute Gasteiger partial charge is 0.233 e. The van der Waals surface area contributed by atoms with E-state index in [1.807, 2.05) is 0 Å². The van der Waals surface area contributed by atoms with Crippen LogP contribution in [-0.2, 0) is 22.6 Å². The van der Waals surface area contributed by atoms with Crippen LogP contribution in [0.5, 0.6) is 0 Å². The molecular formula is C15H15FN4O2. The second kappa shape index (κ2) is 6.05. The maximum atomic E-state index is 12.9. The minimum Gasteiger partial charge on any atom is -0.280 e. The van der Waals surface area contributed by atoms with Crippen LogP contribution in [0.2, 0.25) is 0 Å². The van der Waals surface area contributed by atoms with Crippen LogP contribution in [0, 0.1) is 11.7 Å². The van der Waals surface area contributed by atoms with E-state index in [0.29, 0.717) is 19.5 Å². The van der Waals surface area contributed by atoms with Gasteiger partial charge in [0, 0.05) is 13.0 Å². The van der Waals surface area contributed by atoms with Gasteiger partial charge in [0.15, 0.2) is 0 Å². The fourth-order valence-corrected chi connectivity index (χ4v) is 2.60. The molecule has 0 saturated carbocycles. The summed E-state index contributed by atoms with van der Waals surface area (Å²) in [6.07, 6.45) is 3.60. The molecule has 3 rings (SSSR count). The van der Waals surface area contributed by atoms with Crippen LogP contribution in [0.4, 0.5) is 4.39 Å². The molecule has 22 heavy (non-hydrogen) atoms. The summed E-state index contributed by atoms with van der Waals surface area (Å²) in [5.41, 5.74) is 0.852. The molecule has 0 unspecified atom stereocenters. The standard InChI is InChI=1S/C15H15FN4O2/c16-13-3-1-11(2-4-13)7-12-8-14(21)20(15(12)22)6-5-19-10-17-9-18-19/h1-4,9-10,12H,5-8H2/t12-/m1/s1. The first-order chi connectivity index (χ1) is 10.6. The Morgan fingerprint density at radius 3 is 2.64 bits per heavy atom. The number of hydrogen-bond acceptors (Lipinski definition) is 4. The van der Waals surface area contributed by atoms with Crippen molar-refractivity contribution in [3.63, 3.8) is 0 Å². The SMILES string of the molecule is O=C1C[C@@H](Cc2ccc(F)cc2)C(=O)N1CCn1cncn1. The van der Waals surface area contributed by atoms with Gasteiger partial charge in [0.25, 0.3) is 0 Å². The van der Waals surface area contributed by atoms with Crippen LogP contribution in [0.1, 0.15) is 12.0 Å². The lowest BCUT2D eigenvalue weighted by Crippen LogP contribution is -2.34. The molecule has 2 amide bonds. The van der Waals surface area contributed by atoms with Crippen LogP contribution in [-0.4, -0.2) is 38.0 Å². The highest BCUT2D eigenvalue weighted by Crippen LogP contribution is 2.23. The molecule has 7 heteroatoms. The highest BCUT2D eigenvalue weighted by molar-refractivity contribution is 6.03. The number of aromatic nitrogens is 3. The van der Waals surface area contributed by atoms with Crippen molar-refractivity contribution in [1.29, 1.82) is 0 Å². The first kappa shape index (κ1) is 14.4. The van der Waals surface area contributed by atoms with Gasteiger partial charge in [0.2, 0.25) is 11.8 Å². The van der Waals surface area contributed by atoms with Crippen molar-refractivity contribution in [3.8, 4) is 0 Å². The zero-order chi connectivity index (χ0) is 15.5. The summed E-state index contributed by atoms with van der Waals surface area (Å²) in [5.74, 6) is -1.02. The molecule has 1 atom stereocenters. The molecule has 2 aromatic rings. The normalized spacial score (nSPS) is 18.2. The highest BCUT2D eigenvalue weighted by atomic mass is 19.1. The number of carbonyl (C=O) groups excluding carboxylic acids is 2. The number of nitrogens with zero attached hydrogens (tertiary/aromatic N) is 4. The van der Waals surface area contributed by atoms with E-state index in [1.165, 1.54) is 23.4 Å². The molecule has 0 spiro atoms. The Hall–Kier alpha value is -2.57. The van der Waals surface area contributed by atoms with Gasteiger partial charge < -0.3 is 0 Å². The zero-order valence-corrected chi connectivity index (χ0v) is 11.9. The molecule has 6 nitrogen and oxygen atoms in total. The van der Waals surface area contributed by atoms with Gasteiger partial charge >= 0.3 is 0 Å². The van der Waals surface area contributed by atoms with Gasteiger partial charge in [-0.25, -0.2) is 9.37 Å². The first-order valence-electron chi connectivity index (χ1n) is 7.04. The fourth-order valence-electron chi connectivity index (χ4n) is 2.60. The number of amides is 2. The van der Waals surface area contributed by atoms with Crippen molar-refractivity contribution < 1.29 is 14.0 Å². The van der Waals surface area contributed by atoms with Crippen molar-refractivity contribution in [2.45, 2.75) is 19.4 Å². The van der Waals surface area contributed by atoms with Gasteiger partial charge in [0.05, 0.1) is 12.5 Å². The molecule has 114 valence electrons. The third-order valence-electron chi connectivity index (χ3n) is 3.75. The summed E-state index contributed by atoms with van der Waals surface area (Å²) in [6.45, 7) is 0.724. The predicted molar refractivity (Wildman–Crippen MR) is 75.0 cm³/mol. The maximum Gasteiger partial charge on any atom is 0.233 e. The second-order valence-electron chi connectivity index (χ2n) is 5.27. The van der Waals surface area contributed by atoms with Gasteiger partial charge in [-0.15, -0.1) is 0 Å². The number of halogens is 1. The Morgan fingerprint density at radius 1 is 1.18 bits per heavy atom. The second-order valence-corrected chi connectivity index (χ2v) is 5.27. The number of carbonyl (C=O) groups is 2. The van der Waals surface area contributed by atoms with E-state index in [9.17, 15) is 14.0 Å². The number of imide groups is 1. The van der Waals surface area contributed by atoms with Gasteiger partial charge in [-0.05, 0) is 24.1 Å². The third kappa shape index (κ3) is 3.03. The highest BCUT2D eigenvalue weighted by Gasteiger charge is 2.38. The monoisotopic (exact) mass is 302 g/mol. The lowest BCUT2D eigenvalue weighted by molar-refractivity contribution is -0.139. The minimum absolute atomic E-state index is 0.169. The summed E-state index contributed by atoms with van der Waals surface area (Å²) in [7, 11) is 0. The average molecular weight is 302 g/mol. The van der Waals surface area contributed by atoms with Crippen LogP contribution < -0.4 is 0 Å². The summed E-state index contributed by atoms with van der Waals surface area (Å²) in [4.78, 5) is 29.4. The quantitative estimate of drug-likeness (QED) is 0.774. The molecule has 2 heterocycles. The van der Waals surface area contributed by atoms with Crippen molar-refractivity contribution in [2.75, 3.05) is 6.54 Å². The minimum atomic E-state index is -0.367. The van der Waals surface area contributed by atoms with Gasteiger partial charge in [-0.1, -0.05) is 12.1 Å². The number of likely N-dealkylation sites (tertiary alicyclic amines) is 1. The van der Waals surface area contributed by atoms with E-state index >= 15 is 0 Å². The first-order valence-corrected chi connectivity index (χ1v) is 7.04. The van der Waals surface area contributed by atoms with Crippen molar-refractivity contribution in [2.24, 2.45) is 5.92 Å². The lowest BCUT2D eigenvalue weighted by Gasteiger charge is -2.14. The molecule has 0 N–H and O–H groups in total. The Morgan fingerprint density at radius 2 is 1.95 bits per heavy atom. The van der Waals surface area contributed by atoms with Gasteiger partial charge in [-0.3, -0.25) is 19.2 Å².